The molecule has 0 aliphatic rings. The molecule has 1 aromatic heterocycles. The highest BCUT2D eigenvalue weighted by Crippen LogP contribution is 2.28. The molecule has 1 amide bonds. The van der Waals surface area contributed by atoms with Crippen LogP contribution in [0.3, 0.4) is 0 Å². The van der Waals surface area contributed by atoms with Crippen molar-refractivity contribution in [3.05, 3.63) is 83.2 Å². The number of methoxy groups -OCH3 is 1. The molecule has 3 rings (SSSR count). The van der Waals surface area contributed by atoms with Crippen LogP contribution in [0, 0.1) is 0 Å². The van der Waals surface area contributed by atoms with Crippen LogP contribution in [-0.2, 0) is 4.79 Å². The molecule has 0 bridgehead atoms. The molecule has 0 aliphatic carbocycles. The standard InChI is InChI=1S/C23H22ClN3O3S/c1-4-12-26(13-5-2)21(28)15-31-23-25-18-14-16(24)10-11-17(18)22(29)27(23)19-8-6-7-9-20(19)30-3/h4-11,14H,1-2,12-13,15H2,3H3. The van der Waals surface area contributed by atoms with Crippen LogP contribution in [0.2, 0.25) is 5.02 Å². The van der Waals surface area contributed by atoms with Crippen LogP contribution >= 0.6 is 23.4 Å². The summed E-state index contributed by atoms with van der Waals surface area (Å²) in [5.41, 5.74) is 0.742. The van der Waals surface area contributed by atoms with Gasteiger partial charge in [-0.25, -0.2) is 4.98 Å². The van der Waals surface area contributed by atoms with Gasteiger partial charge >= 0.3 is 0 Å². The van der Waals surface area contributed by atoms with Crippen molar-refractivity contribution in [3.63, 3.8) is 0 Å². The van der Waals surface area contributed by atoms with Crippen molar-refractivity contribution in [2.75, 3.05) is 26.0 Å². The van der Waals surface area contributed by atoms with Gasteiger partial charge in [-0.05, 0) is 30.3 Å². The number of nitrogens with zero attached hydrogens (tertiary/aromatic N) is 3. The third kappa shape index (κ3) is 5.00. The monoisotopic (exact) mass is 455 g/mol. The van der Waals surface area contributed by atoms with E-state index in [1.165, 1.54) is 23.4 Å². The SMILES string of the molecule is C=CCN(CC=C)C(=O)CSc1nc2cc(Cl)ccc2c(=O)n1-c1ccccc1OC. The van der Waals surface area contributed by atoms with E-state index in [-0.39, 0.29) is 17.2 Å². The second-order valence-corrected chi connectivity index (χ2v) is 7.91. The van der Waals surface area contributed by atoms with Crippen LogP contribution in [0.1, 0.15) is 0 Å². The zero-order valence-electron chi connectivity index (χ0n) is 17.1. The Morgan fingerprint density at radius 3 is 2.61 bits per heavy atom. The number of carbonyl (C=O) groups excluding carboxylic acids is 1. The number of thioether (sulfide) groups is 1. The summed E-state index contributed by atoms with van der Waals surface area (Å²) in [5.74, 6) is 0.500. The molecule has 6 nitrogen and oxygen atoms in total. The lowest BCUT2D eigenvalue weighted by molar-refractivity contribution is -0.127. The first-order chi connectivity index (χ1) is 15.0. The molecular weight excluding hydrogens is 434 g/mol. The summed E-state index contributed by atoms with van der Waals surface area (Å²) < 4.78 is 6.92. The molecule has 0 saturated heterocycles. The molecule has 0 saturated carbocycles. The second kappa shape index (κ2) is 10.3. The third-order valence-electron chi connectivity index (χ3n) is 4.50. The Morgan fingerprint density at radius 1 is 1.23 bits per heavy atom. The molecule has 0 aliphatic heterocycles. The number of halogens is 1. The fourth-order valence-electron chi connectivity index (χ4n) is 3.07. The quantitative estimate of drug-likeness (QED) is 0.273. The number of benzene rings is 2. The van der Waals surface area contributed by atoms with Crippen molar-refractivity contribution in [1.29, 1.82) is 0 Å². The van der Waals surface area contributed by atoms with Gasteiger partial charge in [0.15, 0.2) is 5.16 Å². The highest BCUT2D eigenvalue weighted by molar-refractivity contribution is 7.99. The molecule has 160 valence electrons. The van der Waals surface area contributed by atoms with Crippen molar-refractivity contribution < 1.29 is 9.53 Å². The number of amides is 1. The molecular formula is C23H22ClN3O3S. The Balaban J connectivity index is 2.10. The van der Waals surface area contributed by atoms with Gasteiger partial charge in [-0.2, -0.15) is 0 Å². The minimum atomic E-state index is -0.268. The first-order valence-electron chi connectivity index (χ1n) is 9.48. The molecule has 0 radical (unpaired) electrons. The van der Waals surface area contributed by atoms with Gasteiger partial charge in [0.05, 0.1) is 29.5 Å². The fourth-order valence-corrected chi connectivity index (χ4v) is 4.14. The lowest BCUT2D eigenvalue weighted by Gasteiger charge is -2.20. The zero-order valence-corrected chi connectivity index (χ0v) is 18.7. The van der Waals surface area contributed by atoms with Crippen molar-refractivity contribution in [2.45, 2.75) is 5.16 Å². The Kier molecular flexibility index (Phi) is 7.55. The van der Waals surface area contributed by atoms with Gasteiger partial charge in [0, 0.05) is 18.1 Å². The summed E-state index contributed by atoms with van der Waals surface area (Å²) in [4.78, 5) is 32.4. The van der Waals surface area contributed by atoms with Crippen LogP contribution in [0.25, 0.3) is 16.6 Å². The van der Waals surface area contributed by atoms with Gasteiger partial charge in [0.2, 0.25) is 5.91 Å². The maximum atomic E-state index is 13.4. The molecule has 31 heavy (non-hydrogen) atoms. The predicted octanol–water partition coefficient (Wildman–Crippen LogP) is 4.34. The largest absolute Gasteiger partial charge is 0.495 e. The van der Waals surface area contributed by atoms with Crippen LogP contribution < -0.4 is 10.3 Å². The molecule has 0 N–H and O–H groups in total. The summed E-state index contributed by atoms with van der Waals surface area (Å²) >= 11 is 7.29. The number of carbonyl (C=O) groups is 1. The van der Waals surface area contributed by atoms with E-state index in [1.807, 2.05) is 12.1 Å². The van der Waals surface area contributed by atoms with Crippen LogP contribution in [0.5, 0.6) is 5.75 Å². The highest BCUT2D eigenvalue weighted by Gasteiger charge is 2.19. The number of fused-ring (bicyclic) bond motifs is 1. The molecule has 0 fully saturated rings. The topological polar surface area (TPSA) is 64.4 Å². The minimum absolute atomic E-state index is 0.0926. The van der Waals surface area contributed by atoms with Gasteiger partial charge in [0.25, 0.3) is 5.56 Å². The molecule has 0 spiro atoms. The number of hydrogen-bond donors (Lipinski definition) is 0. The van der Waals surface area contributed by atoms with E-state index in [1.54, 1.807) is 47.4 Å². The van der Waals surface area contributed by atoms with E-state index < -0.39 is 0 Å². The molecule has 8 heteroatoms. The normalized spacial score (nSPS) is 10.6. The third-order valence-corrected chi connectivity index (χ3v) is 5.66. The van der Waals surface area contributed by atoms with Gasteiger partial charge in [0.1, 0.15) is 5.75 Å². The molecule has 2 aromatic carbocycles. The number of hydrogen-bond acceptors (Lipinski definition) is 5. The Bertz CT molecular complexity index is 1180. The van der Waals surface area contributed by atoms with Gasteiger partial charge in [-0.1, -0.05) is 47.6 Å². The predicted molar refractivity (Wildman–Crippen MR) is 127 cm³/mol. The van der Waals surface area contributed by atoms with Gasteiger partial charge in [-0.15, -0.1) is 13.2 Å². The number of ether oxygens (including phenoxy) is 1. The van der Waals surface area contributed by atoms with Crippen molar-refractivity contribution in [3.8, 4) is 11.4 Å². The first kappa shape index (κ1) is 22.7. The Morgan fingerprint density at radius 2 is 1.94 bits per heavy atom. The van der Waals surface area contributed by atoms with Crippen molar-refractivity contribution in [2.24, 2.45) is 0 Å². The van der Waals surface area contributed by atoms with E-state index in [4.69, 9.17) is 16.3 Å². The summed E-state index contributed by atoms with van der Waals surface area (Å²) in [6.07, 6.45) is 3.32. The summed E-state index contributed by atoms with van der Waals surface area (Å²) in [7, 11) is 1.54. The van der Waals surface area contributed by atoms with Crippen LogP contribution in [0.15, 0.2) is 77.7 Å². The molecule has 3 aromatic rings. The van der Waals surface area contributed by atoms with Gasteiger partial charge in [-0.3, -0.25) is 14.2 Å². The second-order valence-electron chi connectivity index (χ2n) is 6.53. The lowest BCUT2D eigenvalue weighted by atomic mass is 10.2. The number of para-hydroxylation sites is 2. The average Bonchev–Trinajstić information content (AvgIpc) is 2.77. The summed E-state index contributed by atoms with van der Waals surface area (Å²) in [5, 5.41) is 1.27. The number of aromatic nitrogens is 2. The van der Waals surface area contributed by atoms with E-state index in [2.05, 4.69) is 18.1 Å². The van der Waals surface area contributed by atoms with Crippen LogP contribution in [0.4, 0.5) is 0 Å². The summed E-state index contributed by atoms with van der Waals surface area (Å²) in [6.45, 7) is 8.20. The number of rotatable bonds is 9. The average molecular weight is 456 g/mol. The Labute approximate surface area is 189 Å². The first-order valence-corrected chi connectivity index (χ1v) is 10.8. The van der Waals surface area contributed by atoms with Crippen molar-refractivity contribution in [1.82, 2.24) is 14.5 Å². The van der Waals surface area contributed by atoms with E-state index in [0.29, 0.717) is 45.6 Å². The molecule has 0 unspecified atom stereocenters. The molecule has 0 atom stereocenters. The lowest BCUT2D eigenvalue weighted by Crippen LogP contribution is -2.33. The van der Waals surface area contributed by atoms with E-state index in [0.717, 1.165) is 0 Å². The minimum Gasteiger partial charge on any atom is -0.495 e. The van der Waals surface area contributed by atoms with E-state index in [9.17, 15) is 9.59 Å². The van der Waals surface area contributed by atoms with Crippen LogP contribution in [-0.4, -0.2) is 46.3 Å². The highest BCUT2D eigenvalue weighted by atomic mass is 35.5. The fraction of sp³-hybridized carbons (Fsp3) is 0.174. The maximum Gasteiger partial charge on any atom is 0.266 e. The van der Waals surface area contributed by atoms with Crippen molar-refractivity contribution >= 4 is 40.2 Å². The smallest absolute Gasteiger partial charge is 0.266 e. The van der Waals surface area contributed by atoms with Gasteiger partial charge < -0.3 is 9.64 Å². The van der Waals surface area contributed by atoms with E-state index >= 15 is 0 Å². The zero-order chi connectivity index (χ0) is 22.4. The summed E-state index contributed by atoms with van der Waals surface area (Å²) in [6, 6.07) is 12.1. The Hall–Kier alpha value is -3.03. The molecule has 1 heterocycles. The maximum absolute atomic E-state index is 13.4.